The maximum absolute atomic E-state index is 13.3. The lowest BCUT2D eigenvalue weighted by Gasteiger charge is -2.25. The summed E-state index contributed by atoms with van der Waals surface area (Å²) in [7, 11) is 1.78. The number of nitrogen functional groups attached to an aromatic ring is 1. The molecule has 9 nitrogen and oxygen atoms in total. The Morgan fingerprint density at radius 1 is 0.886 bits per heavy atom. The molecule has 1 aliphatic heterocycles. The number of hydrogen-bond donors (Lipinski definition) is 1. The van der Waals surface area contributed by atoms with Crippen LogP contribution in [0.25, 0.3) is 28.2 Å². The zero-order valence-electron chi connectivity index (χ0n) is 24.9. The minimum Gasteiger partial charge on any atom is -0.382 e. The average molecular weight is 587 g/mol. The first-order valence-electron chi connectivity index (χ1n) is 14.7. The van der Waals surface area contributed by atoms with Crippen LogP contribution in [-0.2, 0) is 24.8 Å². The topological polar surface area (TPSA) is 116 Å². The maximum Gasteiger partial charge on any atom is 0.282 e. The molecular formula is C35H34N6O3. The highest BCUT2D eigenvalue weighted by molar-refractivity contribution is 5.98. The summed E-state index contributed by atoms with van der Waals surface area (Å²) in [5.74, 6) is 0.412. The summed E-state index contributed by atoms with van der Waals surface area (Å²) in [4.78, 5) is 49.8. The first kappa shape index (κ1) is 28.9. The van der Waals surface area contributed by atoms with E-state index >= 15 is 0 Å². The monoisotopic (exact) mass is 586 g/mol. The summed E-state index contributed by atoms with van der Waals surface area (Å²) in [6.07, 6.45) is 2.99. The van der Waals surface area contributed by atoms with Gasteiger partial charge in [-0.2, -0.15) is 0 Å². The fourth-order valence-corrected chi connectivity index (χ4v) is 5.74. The van der Waals surface area contributed by atoms with E-state index in [1.165, 1.54) is 4.68 Å². The fourth-order valence-electron chi connectivity index (χ4n) is 5.74. The molecule has 2 aromatic heterocycles. The predicted molar refractivity (Wildman–Crippen MR) is 171 cm³/mol. The van der Waals surface area contributed by atoms with Gasteiger partial charge in [-0.25, -0.2) is 14.6 Å². The molecule has 0 amide bonds. The van der Waals surface area contributed by atoms with Gasteiger partial charge in [0, 0.05) is 62.8 Å². The summed E-state index contributed by atoms with van der Waals surface area (Å²) < 4.78 is 3.24. The smallest absolute Gasteiger partial charge is 0.282 e. The number of nitrogens with two attached hydrogens (primary N) is 1. The van der Waals surface area contributed by atoms with Crippen LogP contribution in [-0.4, -0.2) is 48.9 Å². The van der Waals surface area contributed by atoms with Crippen LogP contribution < -0.4 is 11.3 Å². The maximum atomic E-state index is 13.3. The van der Waals surface area contributed by atoms with Gasteiger partial charge in [0.1, 0.15) is 22.9 Å². The van der Waals surface area contributed by atoms with E-state index in [1.54, 1.807) is 24.9 Å². The molecule has 5 aromatic rings. The van der Waals surface area contributed by atoms with Crippen molar-refractivity contribution >= 4 is 17.4 Å². The van der Waals surface area contributed by atoms with Crippen molar-refractivity contribution in [1.29, 1.82) is 0 Å². The number of aromatic nitrogens is 4. The van der Waals surface area contributed by atoms with E-state index in [-0.39, 0.29) is 23.3 Å². The molecule has 6 rings (SSSR count). The molecule has 0 aliphatic carbocycles. The lowest BCUT2D eigenvalue weighted by atomic mass is 10.0. The zero-order valence-corrected chi connectivity index (χ0v) is 24.9. The van der Waals surface area contributed by atoms with Gasteiger partial charge in [-0.05, 0) is 36.2 Å². The van der Waals surface area contributed by atoms with Gasteiger partial charge in [-0.3, -0.25) is 24.0 Å². The van der Waals surface area contributed by atoms with E-state index in [0.717, 1.165) is 41.9 Å². The van der Waals surface area contributed by atoms with Crippen molar-refractivity contribution in [3.8, 4) is 28.2 Å². The molecule has 0 unspecified atom stereocenters. The standard InChI is InChI=1S/C35H34N6O3/c1-23-32(35(44)41(39(23)2)28-9-4-3-5-10-28)31(43)20-24-11-13-26(14-12-24)33-34(36)37-21-30(38-33)27-8-6-7-25(19-27)22-40-17-15-29(42)16-18-40/h3-14,19,21H,15-18,20,22H2,1-2H3,(H2,36,37). The lowest BCUT2D eigenvalue weighted by molar-refractivity contribution is -0.121. The van der Waals surface area contributed by atoms with Crippen molar-refractivity contribution < 1.29 is 9.59 Å². The number of piperidine rings is 1. The van der Waals surface area contributed by atoms with Crippen molar-refractivity contribution in [2.75, 3.05) is 18.8 Å². The molecule has 1 saturated heterocycles. The van der Waals surface area contributed by atoms with E-state index in [9.17, 15) is 14.4 Å². The van der Waals surface area contributed by atoms with Crippen LogP contribution in [0, 0.1) is 6.92 Å². The molecule has 0 spiro atoms. The van der Waals surface area contributed by atoms with Gasteiger partial charge in [-0.1, -0.05) is 60.7 Å². The second-order valence-electron chi connectivity index (χ2n) is 11.2. The van der Waals surface area contributed by atoms with Crippen LogP contribution in [0.15, 0.2) is 89.9 Å². The minimum atomic E-state index is -0.326. The van der Waals surface area contributed by atoms with Crippen LogP contribution in [0.3, 0.4) is 0 Å². The molecule has 0 bridgehead atoms. The van der Waals surface area contributed by atoms with E-state index < -0.39 is 0 Å². The number of likely N-dealkylation sites (tertiary alicyclic amines) is 1. The summed E-state index contributed by atoms with van der Waals surface area (Å²) >= 11 is 0. The normalized spacial score (nSPS) is 13.7. The Hall–Kier alpha value is -5.15. The Morgan fingerprint density at radius 2 is 1.61 bits per heavy atom. The number of carbonyl (C=O) groups is 2. The molecule has 2 N–H and O–H groups in total. The molecule has 3 heterocycles. The van der Waals surface area contributed by atoms with Crippen LogP contribution in [0.4, 0.5) is 5.82 Å². The van der Waals surface area contributed by atoms with Gasteiger partial charge in [0.2, 0.25) is 0 Å². The fraction of sp³-hybridized carbons (Fsp3) is 0.229. The van der Waals surface area contributed by atoms with Crippen LogP contribution in [0.2, 0.25) is 0 Å². The van der Waals surface area contributed by atoms with E-state index in [2.05, 4.69) is 22.0 Å². The highest BCUT2D eigenvalue weighted by atomic mass is 16.2. The zero-order chi connectivity index (χ0) is 30.8. The van der Waals surface area contributed by atoms with Crippen molar-refractivity contribution in [2.24, 2.45) is 7.05 Å². The van der Waals surface area contributed by atoms with E-state index in [4.69, 9.17) is 10.7 Å². The van der Waals surface area contributed by atoms with Gasteiger partial charge < -0.3 is 5.73 Å². The Labute approximate surface area is 255 Å². The second-order valence-corrected chi connectivity index (χ2v) is 11.2. The number of rotatable bonds is 8. The number of anilines is 1. The molecule has 0 atom stereocenters. The van der Waals surface area contributed by atoms with Crippen molar-refractivity contribution in [3.05, 3.63) is 118 Å². The molecule has 1 fully saturated rings. The number of carbonyl (C=O) groups excluding carboxylic acids is 2. The Balaban J connectivity index is 1.20. The van der Waals surface area contributed by atoms with E-state index in [1.807, 2.05) is 66.7 Å². The molecular weight excluding hydrogens is 552 g/mol. The summed E-state index contributed by atoms with van der Waals surface area (Å²) in [5, 5.41) is 0. The average Bonchev–Trinajstić information content (AvgIpc) is 3.26. The second kappa shape index (κ2) is 12.2. The predicted octanol–water partition coefficient (Wildman–Crippen LogP) is 4.78. The van der Waals surface area contributed by atoms with Crippen LogP contribution in [0.1, 0.15) is 40.0 Å². The molecule has 0 radical (unpaired) electrons. The third-order valence-electron chi connectivity index (χ3n) is 8.27. The third kappa shape index (κ3) is 5.87. The highest BCUT2D eigenvalue weighted by Crippen LogP contribution is 2.27. The van der Waals surface area contributed by atoms with Gasteiger partial charge in [-0.15, -0.1) is 0 Å². The Kier molecular flexibility index (Phi) is 8.04. The Bertz CT molecular complexity index is 1900. The first-order valence-corrected chi connectivity index (χ1v) is 14.7. The van der Waals surface area contributed by atoms with Gasteiger partial charge in [0.15, 0.2) is 5.78 Å². The van der Waals surface area contributed by atoms with Crippen molar-refractivity contribution in [1.82, 2.24) is 24.2 Å². The van der Waals surface area contributed by atoms with Crippen LogP contribution in [0.5, 0.6) is 0 Å². The SMILES string of the molecule is Cc1c(C(=O)Cc2ccc(-c3nc(-c4cccc(CN5CCC(=O)CC5)c4)cnc3N)cc2)c(=O)n(-c2ccccc2)n1C. The molecule has 9 heteroatoms. The Morgan fingerprint density at radius 3 is 2.34 bits per heavy atom. The lowest BCUT2D eigenvalue weighted by Crippen LogP contribution is -2.33. The molecule has 3 aromatic carbocycles. The number of benzene rings is 3. The van der Waals surface area contributed by atoms with Crippen LogP contribution >= 0.6 is 0 Å². The largest absolute Gasteiger partial charge is 0.382 e. The summed E-state index contributed by atoms with van der Waals surface area (Å²) in [6, 6.07) is 25.0. The molecule has 0 saturated carbocycles. The first-order chi connectivity index (χ1) is 21.3. The number of nitrogens with zero attached hydrogens (tertiary/aromatic N) is 5. The van der Waals surface area contributed by atoms with Gasteiger partial charge >= 0.3 is 0 Å². The van der Waals surface area contributed by atoms with Crippen molar-refractivity contribution in [2.45, 2.75) is 32.7 Å². The molecule has 222 valence electrons. The minimum absolute atomic E-state index is 0.0916. The number of hydrogen-bond acceptors (Lipinski definition) is 7. The number of ketones is 2. The van der Waals surface area contributed by atoms with Gasteiger partial charge in [0.05, 0.1) is 17.6 Å². The number of para-hydroxylation sites is 1. The summed E-state index contributed by atoms with van der Waals surface area (Å²) in [6.45, 7) is 4.14. The van der Waals surface area contributed by atoms with Gasteiger partial charge in [0.25, 0.3) is 5.56 Å². The van der Waals surface area contributed by atoms with Crippen molar-refractivity contribution in [3.63, 3.8) is 0 Å². The third-order valence-corrected chi connectivity index (χ3v) is 8.27. The van der Waals surface area contributed by atoms with E-state index in [0.29, 0.717) is 47.2 Å². The molecule has 44 heavy (non-hydrogen) atoms. The number of Topliss-reactive ketones (excluding diaryl/α,β-unsaturated/α-hetero) is 2. The quantitative estimate of drug-likeness (QED) is 0.260. The highest BCUT2D eigenvalue weighted by Gasteiger charge is 2.22. The molecule has 1 aliphatic rings. The summed E-state index contributed by atoms with van der Waals surface area (Å²) in [5.41, 5.74) is 12.4.